The first-order chi connectivity index (χ1) is 12.8. The van der Waals surface area contributed by atoms with Gasteiger partial charge in [0, 0.05) is 5.92 Å². The zero-order valence-corrected chi connectivity index (χ0v) is 15.3. The molecular formula is C21H19ClF3NO. The van der Waals surface area contributed by atoms with Crippen molar-refractivity contribution < 1.29 is 18.0 Å². The van der Waals surface area contributed by atoms with Crippen molar-refractivity contribution in [2.45, 2.75) is 37.8 Å². The molecule has 1 N–H and O–H groups in total. The van der Waals surface area contributed by atoms with Crippen molar-refractivity contribution in [1.29, 1.82) is 0 Å². The van der Waals surface area contributed by atoms with Crippen molar-refractivity contribution >= 4 is 23.2 Å². The number of hydrogen-bond acceptors (Lipinski definition) is 1. The Morgan fingerprint density at radius 3 is 2.33 bits per heavy atom. The molecule has 0 saturated heterocycles. The van der Waals surface area contributed by atoms with Crippen LogP contribution in [0.1, 0.15) is 42.7 Å². The standard InChI is InChI=1S/C21H19ClF3NO/c22-15-12-14(21(23,24)25)8-9-16(15)26-19(27)18-17(13-6-2-1-3-7-13)20(18)10-4-5-11-20/h1-3,6-9,12,17-18H,4-5,10-11H2,(H,26,27)/t17-,18+/m0/s1. The number of carbonyl (C=O) groups excluding carboxylic acids is 1. The Balaban J connectivity index is 1.56. The van der Waals surface area contributed by atoms with Crippen LogP contribution in [-0.2, 0) is 11.0 Å². The van der Waals surface area contributed by atoms with Crippen LogP contribution >= 0.6 is 11.6 Å². The molecule has 2 fully saturated rings. The highest BCUT2D eigenvalue weighted by Crippen LogP contribution is 2.72. The summed E-state index contributed by atoms with van der Waals surface area (Å²) in [6.45, 7) is 0. The topological polar surface area (TPSA) is 29.1 Å². The van der Waals surface area contributed by atoms with Crippen molar-refractivity contribution in [2.24, 2.45) is 11.3 Å². The fourth-order valence-corrected chi connectivity index (χ4v) is 4.97. The maximum Gasteiger partial charge on any atom is 0.416 e. The monoisotopic (exact) mass is 393 g/mol. The van der Waals surface area contributed by atoms with Crippen LogP contribution in [0.25, 0.3) is 0 Å². The lowest BCUT2D eigenvalue weighted by atomic mass is 9.97. The van der Waals surface area contributed by atoms with Crippen LogP contribution in [0, 0.1) is 11.3 Å². The molecule has 2 aromatic carbocycles. The van der Waals surface area contributed by atoms with E-state index in [-0.39, 0.29) is 33.9 Å². The van der Waals surface area contributed by atoms with Gasteiger partial charge >= 0.3 is 6.18 Å². The number of carbonyl (C=O) groups is 1. The van der Waals surface area contributed by atoms with Crippen LogP contribution in [0.4, 0.5) is 18.9 Å². The molecule has 0 unspecified atom stereocenters. The van der Waals surface area contributed by atoms with Crippen LogP contribution in [0.2, 0.25) is 5.02 Å². The lowest BCUT2D eigenvalue weighted by Gasteiger charge is -2.12. The van der Waals surface area contributed by atoms with Crippen LogP contribution in [-0.4, -0.2) is 5.91 Å². The van der Waals surface area contributed by atoms with E-state index in [9.17, 15) is 18.0 Å². The molecule has 2 nitrogen and oxygen atoms in total. The molecule has 2 atom stereocenters. The van der Waals surface area contributed by atoms with Gasteiger partial charge in [-0.2, -0.15) is 13.2 Å². The average Bonchev–Trinajstić information content (AvgIpc) is 3.01. The summed E-state index contributed by atoms with van der Waals surface area (Å²) in [7, 11) is 0. The van der Waals surface area contributed by atoms with Gasteiger partial charge in [-0.15, -0.1) is 0 Å². The molecule has 2 saturated carbocycles. The first kappa shape index (κ1) is 18.4. The van der Waals surface area contributed by atoms with Gasteiger partial charge in [0.2, 0.25) is 5.91 Å². The van der Waals surface area contributed by atoms with E-state index < -0.39 is 11.7 Å². The molecule has 0 bridgehead atoms. The molecule has 0 aromatic heterocycles. The predicted molar refractivity (Wildman–Crippen MR) is 98.7 cm³/mol. The van der Waals surface area contributed by atoms with Crippen LogP contribution in [0.3, 0.4) is 0 Å². The SMILES string of the molecule is O=C(Nc1ccc(C(F)(F)F)cc1Cl)[C@H]1[C@H](c2ccccc2)C12CCCC2. The summed E-state index contributed by atoms with van der Waals surface area (Å²) in [4.78, 5) is 13.0. The molecule has 1 spiro atoms. The lowest BCUT2D eigenvalue weighted by molar-refractivity contribution is -0.137. The maximum atomic E-state index is 13.0. The van der Waals surface area contributed by atoms with Crippen LogP contribution in [0.15, 0.2) is 48.5 Å². The predicted octanol–water partition coefficient (Wildman–Crippen LogP) is 6.27. The molecule has 4 rings (SSSR count). The quantitative estimate of drug-likeness (QED) is 0.654. The van der Waals surface area contributed by atoms with Gasteiger partial charge in [-0.1, -0.05) is 54.8 Å². The van der Waals surface area contributed by atoms with Gasteiger partial charge in [0.15, 0.2) is 0 Å². The molecule has 27 heavy (non-hydrogen) atoms. The summed E-state index contributed by atoms with van der Waals surface area (Å²) in [5.41, 5.74) is 0.523. The van der Waals surface area contributed by atoms with Gasteiger partial charge in [-0.3, -0.25) is 4.79 Å². The van der Waals surface area contributed by atoms with E-state index in [4.69, 9.17) is 11.6 Å². The Hall–Kier alpha value is -2.01. The summed E-state index contributed by atoms with van der Waals surface area (Å²) in [5.74, 6) is -0.164. The van der Waals surface area contributed by atoms with E-state index in [1.165, 1.54) is 6.07 Å². The van der Waals surface area contributed by atoms with Crippen molar-refractivity contribution in [1.82, 2.24) is 0 Å². The zero-order chi connectivity index (χ0) is 19.2. The Kier molecular flexibility index (Phi) is 4.46. The highest BCUT2D eigenvalue weighted by Gasteiger charge is 2.68. The second kappa shape index (κ2) is 6.55. The molecule has 142 valence electrons. The molecule has 0 heterocycles. The van der Waals surface area contributed by atoms with E-state index in [1.54, 1.807) is 0 Å². The first-order valence-corrected chi connectivity index (χ1v) is 9.43. The van der Waals surface area contributed by atoms with E-state index in [1.807, 2.05) is 30.3 Å². The summed E-state index contributed by atoms with van der Waals surface area (Å²) in [6, 6.07) is 13.0. The largest absolute Gasteiger partial charge is 0.416 e. The summed E-state index contributed by atoms with van der Waals surface area (Å²) >= 11 is 5.99. The Morgan fingerprint density at radius 2 is 1.74 bits per heavy atom. The fourth-order valence-electron chi connectivity index (χ4n) is 4.75. The highest BCUT2D eigenvalue weighted by molar-refractivity contribution is 6.33. The lowest BCUT2D eigenvalue weighted by Crippen LogP contribution is -2.18. The smallest absolute Gasteiger partial charge is 0.324 e. The summed E-state index contributed by atoms with van der Waals surface area (Å²) < 4.78 is 38.4. The number of rotatable bonds is 3. The first-order valence-electron chi connectivity index (χ1n) is 9.05. The third-order valence-corrected chi connectivity index (χ3v) is 6.31. The molecule has 2 aliphatic rings. The Bertz CT molecular complexity index is 859. The number of hydrogen-bond donors (Lipinski definition) is 1. The minimum atomic E-state index is -4.46. The number of halogens is 4. The number of benzene rings is 2. The van der Waals surface area contributed by atoms with Crippen LogP contribution < -0.4 is 5.32 Å². The third kappa shape index (κ3) is 3.22. The zero-order valence-electron chi connectivity index (χ0n) is 14.5. The number of amides is 1. The van der Waals surface area contributed by atoms with Crippen LogP contribution in [0.5, 0.6) is 0 Å². The number of alkyl halides is 3. The van der Waals surface area contributed by atoms with E-state index in [0.717, 1.165) is 43.4 Å². The third-order valence-electron chi connectivity index (χ3n) is 5.99. The van der Waals surface area contributed by atoms with Gasteiger partial charge in [-0.25, -0.2) is 0 Å². The van der Waals surface area contributed by atoms with Gasteiger partial charge in [0.25, 0.3) is 0 Å². The number of nitrogens with one attached hydrogen (secondary N) is 1. The Morgan fingerprint density at radius 1 is 1.07 bits per heavy atom. The minimum Gasteiger partial charge on any atom is -0.324 e. The number of anilines is 1. The second-order valence-corrected chi connectivity index (χ2v) is 7.90. The van der Waals surface area contributed by atoms with Crippen molar-refractivity contribution in [3.05, 3.63) is 64.7 Å². The van der Waals surface area contributed by atoms with Gasteiger partial charge in [0.1, 0.15) is 0 Å². The Labute approximate surface area is 160 Å². The molecule has 0 radical (unpaired) electrons. The molecule has 0 aliphatic heterocycles. The molecular weight excluding hydrogens is 375 g/mol. The van der Waals surface area contributed by atoms with Crippen molar-refractivity contribution in [3.8, 4) is 0 Å². The van der Waals surface area contributed by atoms with Gasteiger partial charge in [-0.05, 0) is 42.0 Å². The minimum absolute atomic E-state index is 0.0240. The van der Waals surface area contributed by atoms with E-state index in [0.29, 0.717) is 0 Å². The molecule has 6 heteroatoms. The van der Waals surface area contributed by atoms with Gasteiger partial charge in [0.05, 0.1) is 22.2 Å². The molecule has 1 amide bonds. The highest BCUT2D eigenvalue weighted by atomic mass is 35.5. The summed E-state index contributed by atoms with van der Waals surface area (Å²) in [5, 5.41) is 2.66. The molecule has 2 aliphatic carbocycles. The fraction of sp³-hybridized carbons (Fsp3) is 0.381. The molecule has 2 aromatic rings. The normalized spacial score (nSPS) is 23.4. The summed E-state index contributed by atoms with van der Waals surface area (Å²) in [6.07, 6.45) is -0.242. The average molecular weight is 394 g/mol. The van der Waals surface area contributed by atoms with Crippen molar-refractivity contribution in [3.63, 3.8) is 0 Å². The maximum absolute atomic E-state index is 13.0. The second-order valence-electron chi connectivity index (χ2n) is 7.49. The van der Waals surface area contributed by atoms with Crippen molar-refractivity contribution in [2.75, 3.05) is 5.32 Å². The van der Waals surface area contributed by atoms with E-state index >= 15 is 0 Å². The van der Waals surface area contributed by atoms with E-state index in [2.05, 4.69) is 5.32 Å². The van der Waals surface area contributed by atoms with Gasteiger partial charge < -0.3 is 5.32 Å².